The summed E-state index contributed by atoms with van der Waals surface area (Å²) < 4.78 is 13.0. The Balaban J connectivity index is 1.45. The van der Waals surface area contributed by atoms with Crippen LogP contribution in [0.15, 0.2) is 55.0 Å². The molecule has 31 heavy (non-hydrogen) atoms. The van der Waals surface area contributed by atoms with Gasteiger partial charge in [-0.05, 0) is 55.6 Å². The molecule has 1 atom stereocenters. The highest BCUT2D eigenvalue weighted by Gasteiger charge is 2.27. The van der Waals surface area contributed by atoms with Gasteiger partial charge in [-0.15, -0.1) is 0 Å². The molecule has 1 fully saturated rings. The highest BCUT2D eigenvalue weighted by Crippen LogP contribution is 2.30. The lowest BCUT2D eigenvalue weighted by Gasteiger charge is -2.34. The van der Waals surface area contributed by atoms with E-state index in [0.29, 0.717) is 17.8 Å². The molecule has 1 aliphatic rings. The van der Waals surface area contributed by atoms with Gasteiger partial charge >= 0.3 is 0 Å². The molecule has 4 rings (SSSR count). The maximum absolute atomic E-state index is 13.0. The number of piperidine rings is 1. The lowest BCUT2D eigenvalue weighted by molar-refractivity contribution is 0.0948. The Morgan fingerprint density at radius 3 is 2.74 bits per heavy atom. The van der Waals surface area contributed by atoms with Crippen molar-refractivity contribution in [2.45, 2.75) is 45.3 Å². The van der Waals surface area contributed by atoms with Gasteiger partial charge in [0.1, 0.15) is 11.6 Å². The van der Waals surface area contributed by atoms with Crippen LogP contribution in [0.1, 0.15) is 58.3 Å². The summed E-state index contributed by atoms with van der Waals surface area (Å²) in [5.74, 6) is 0.232. The first-order valence-corrected chi connectivity index (χ1v) is 10.6. The number of nitrogens with zero attached hydrogens (tertiary/aromatic N) is 4. The van der Waals surface area contributed by atoms with Gasteiger partial charge < -0.3 is 5.32 Å². The van der Waals surface area contributed by atoms with E-state index in [0.717, 1.165) is 43.7 Å². The zero-order chi connectivity index (χ0) is 21.6. The first-order valence-electron chi connectivity index (χ1n) is 10.6. The normalized spacial score (nSPS) is 16.8. The van der Waals surface area contributed by atoms with Gasteiger partial charge in [0.25, 0.3) is 5.91 Å². The molecule has 1 saturated heterocycles. The maximum Gasteiger partial charge on any atom is 0.254 e. The number of carbonyl (C=O) groups is 1. The van der Waals surface area contributed by atoms with Crippen molar-refractivity contribution in [3.05, 3.63) is 89.0 Å². The standard InChI is InChI=1S/C24H26FN5O/c1-17-21(24(31)28-14-18-7-9-20(25)10-8-18)15-27-23(29-17)22-6-2-3-12-30(22)16-19-5-4-11-26-13-19/h4-5,7-11,13,15,22H,2-3,6,12,14,16H2,1H3,(H,28,31)/t22-/m1/s1. The van der Waals surface area contributed by atoms with Gasteiger partial charge in [0.15, 0.2) is 0 Å². The van der Waals surface area contributed by atoms with Crippen molar-refractivity contribution in [3.8, 4) is 0 Å². The molecule has 0 radical (unpaired) electrons. The first-order chi connectivity index (χ1) is 15.1. The number of benzene rings is 1. The average molecular weight is 420 g/mol. The van der Waals surface area contributed by atoms with E-state index in [1.807, 2.05) is 19.2 Å². The van der Waals surface area contributed by atoms with Crippen LogP contribution in [0.4, 0.5) is 4.39 Å². The van der Waals surface area contributed by atoms with Gasteiger partial charge in [-0.1, -0.05) is 24.6 Å². The number of rotatable bonds is 6. The summed E-state index contributed by atoms with van der Waals surface area (Å²) in [5.41, 5.74) is 3.12. The summed E-state index contributed by atoms with van der Waals surface area (Å²) in [7, 11) is 0. The van der Waals surface area contributed by atoms with Crippen molar-refractivity contribution < 1.29 is 9.18 Å². The second-order valence-corrected chi connectivity index (χ2v) is 7.88. The molecule has 3 aromatic rings. The summed E-state index contributed by atoms with van der Waals surface area (Å²) >= 11 is 0. The molecule has 2 aromatic heterocycles. The van der Waals surface area contributed by atoms with Crippen molar-refractivity contribution in [2.75, 3.05) is 6.54 Å². The molecule has 1 N–H and O–H groups in total. The molecule has 1 amide bonds. The highest BCUT2D eigenvalue weighted by molar-refractivity contribution is 5.94. The monoisotopic (exact) mass is 419 g/mol. The number of likely N-dealkylation sites (tertiary alicyclic amines) is 1. The van der Waals surface area contributed by atoms with Crippen LogP contribution in [-0.4, -0.2) is 32.3 Å². The van der Waals surface area contributed by atoms with Gasteiger partial charge in [-0.25, -0.2) is 14.4 Å². The molecule has 1 aliphatic heterocycles. The van der Waals surface area contributed by atoms with E-state index in [-0.39, 0.29) is 17.8 Å². The van der Waals surface area contributed by atoms with E-state index in [2.05, 4.69) is 26.3 Å². The Morgan fingerprint density at radius 1 is 1.16 bits per heavy atom. The van der Waals surface area contributed by atoms with E-state index in [4.69, 9.17) is 4.98 Å². The maximum atomic E-state index is 13.0. The van der Waals surface area contributed by atoms with Crippen LogP contribution in [0.2, 0.25) is 0 Å². The smallest absolute Gasteiger partial charge is 0.254 e. The Hall–Kier alpha value is -3.19. The number of nitrogens with one attached hydrogen (secondary N) is 1. The second-order valence-electron chi connectivity index (χ2n) is 7.88. The van der Waals surface area contributed by atoms with Crippen molar-refractivity contribution in [1.29, 1.82) is 0 Å². The fraction of sp³-hybridized carbons (Fsp3) is 0.333. The number of hydrogen-bond donors (Lipinski definition) is 1. The SMILES string of the molecule is Cc1nc([C@H]2CCCCN2Cc2cccnc2)ncc1C(=O)NCc1ccc(F)cc1. The Bertz CT molecular complexity index is 1030. The minimum Gasteiger partial charge on any atom is -0.348 e. The Kier molecular flexibility index (Phi) is 6.62. The van der Waals surface area contributed by atoms with Crippen LogP contribution in [0, 0.1) is 12.7 Å². The predicted octanol–water partition coefficient (Wildman–Crippen LogP) is 3.98. The van der Waals surface area contributed by atoms with Gasteiger partial charge in [-0.3, -0.25) is 14.7 Å². The zero-order valence-corrected chi connectivity index (χ0v) is 17.6. The number of halogens is 1. The third-order valence-electron chi connectivity index (χ3n) is 5.63. The second kappa shape index (κ2) is 9.75. The highest BCUT2D eigenvalue weighted by atomic mass is 19.1. The average Bonchev–Trinajstić information content (AvgIpc) is 2.79. The van der Waals surface area contributed by atoms with Crippen LogP contribution < -0.4 is 5.32 Å². The summed E-state index contributed by atoms with van der Waals surface area (Å²) in [4.78, 5) is 28.5. The molecule has 0 aliphatic carbocycles. The lowest BCUT2D eigenvalue weighted by atomic mass is 10.0. The molecule has 0 unspecified atom stereocenters. The van der Waals surface area contributed by atoms with E-state index in [9.17, 15) is 9.18 Å². The van der Waals surface area contributed by atoms with Crippen LogP contribution in [0.5, 0.6) is 0 Å². The molecule has 0 spiro atoms. The molecule has 7 heteroatoms. The van der Waals surface area contributed by atoms with E-state index in [1.165, 1.54) is 17.7 Å². The van der Waals surface area contributed by atoms with Gasteiger partial charge in [0.2, 0.25) is 0 Å². The minimum absolute atomic E-state index is 0.129. The predicted molar refractivity (Wildman–Crippen MR) is 116 cm³/mol. The number of aromatic nitrogens is 3. The first kappa shape index (κ1) is 21.1. The number of hydrogen-bond acceptors (Lipinski definition) is 5. The number of carbonyl (C=O) groups excluding carboxylic acids is 1. The van der Waals surface area contributed by atoms with E-state index in [1.54, 1.807) is 24.5 Å². The zero-order valence-electron chi connectivity index (χ0n) is 17.6. The Labute approximate surface area is 181 Å². The largest absolute Gasteiger partial charge is 0.348 e. The third-order valence-corrected chi connectivity index (χ3v) is 5.63. The number of amides is 1. The van der Waals surface area contributed by atoms with Crippen molar-refractivity contribution >= 4 is 5.91 Å². The molecular weight excluding hydrogens is 393 g/mol. The molecular formula is C24H26FN5O. The Morgan fingerprint density at radius 2 is 2.00 bits per heavy atom. The summed E-state index contributed by atoms with van der Waals surface area (Å²) in [5, 5.41) is 2.86. The van der Waals surface area contributed by atoms with Gasteiger partial charge in [0, 0.05) is 31.7 Å². The number of pyridine rings is 1. The summed E-state index contributed by atoms with van der Waals surface area (Å²) in [6.45, 7) is 3.96. The summed E-state index contributed by atoms with van der Waals surface area (Å²) in [6, 6.07) is 10.2. The van der Waals surface area contributed by atoms with Crippen LogP contribution in [0.3, 0.4) is 0 Å². The summed E-state index contributed by atoms with van der Waals surface area (Å²) in [6.07, 6.45) is 8.58. The fourth-order valence-electron chi connectivity index (χ4n) is 3.95. The molecule has 0 bridgehead atoms. The fourth-order valence-corrected chi connectivity index (χ4v) is 3.95. The molecule has 160 valence electrons. The lowest BCUT2D eigenvalue weighted by Crippen LogP contribution is -2.34. The quantitative estimate of drug-likeness (QED) is 0.655. The van der Waals surface area contributed by atoms with Crippen molar-refractivity contribution in [3.63, 3.8) is 0 Å². The molecule has 3 heterocycles. The van der Waals surface area contributed by atoms with Crippen LogP contribution >= 0.6 is 0 Å². The minimum atomic E-state index is -0.296. The third kappa shape index (κ3) is 5.30. The molecule has 1 aromatic carbocycles. The topological polar surface area (TPSA) is 71.0 Å². The van der Waals surface area contributed by atoms with E-state index >= 15 is 0 Å². The number of aryl methyl sites for hydroxylation is 1. The van der Waals surface area contributed by atoms with Crippen molar-refractivity contribution in [1.82, 2.24) is 25.2 Å². The van der Waals surface area contributed by atoms with E-state index < -0.39 is 0 Å². The van der Waals surface area contributed by atoms with Crippen LogP contribution in [-0.2, 0) is 13.1 Å². The van der Waals surface area contributed by atoms with Crippen LogP contribution in [0.25, 0.3) is 0 Å². The molecule has 6 nitrogen and oxygen atoms in total. The van der Waals surface area contributed by atoms with Gasteiger partial charge in [-0.2, -0.15) is 0 Å². The molecule has 0 saturated carbocycles. The van der Waals surface area contributed by atoms with Crippen molar-refractivity contribution in [2.24, 2.45) is 0 Å². The van der Waals surface area contributed by atoms with Gasteiger partial charge in [0.05, 0.1) is 17.3 Å².